The van der Waals surface area contributed by atoms with Gasteiger partial charge in [-0.1, -0.05) is 19.9 Å². The second kappa shape index (κ2) is 8.36. The summed E-state index contributed by atoms with van der Waals surface area (Å²) in [6.45, 7) is 4.10. The molecule has 198 valence electrons. The van der Waals surface area contributed by atoms with Crippen molar-refractivity contribution < 1.29 is 38.1 Å². The SMILES string of the molecule is CC1CC2C3CC(F)C4=CC(=O)C=C[C@]4(C)[C@@]3(F)C(O)C[C@]2(C)[C@@]1(O)C(=O)COC(=O)c1ccncc1. The summed E-state index contributed by atoms with van der Waals surface area (Å²) in [4.78, 5) is 41.6. The minimum Gasteiger partial charge on any atom is -0.454 e. The van der Waals surface area contributed by atoms with Crippen LogP contribution in [-0.4, -0.2) is 62.9 Å². The van der Waals surface area contributed by atoms with Crippen LogP contribution < -0.4 is 0 Å². The van der Waals surface area contributed by atoms with Crippen LogP contribution >= 0.6 is 0 Å². The lowest BCUT2D eigenvalue weighted by Gasteiger charge is -2.63. The standard InChI is InChI=1S/C28H31F2NO6/c1-15-10-18-19-12-21(29)20-11-17(32)4-7-25(20,2)27(19,30)22(33)13-26(18,3)28(15,36)23(34)14-37-24(35)16-5-8-31-9-6-16/h4-9,11,15,18-19,21-22,33,36H,10,12-14H2,1-3H3/t15?,18?,19?,21?,22?,25-,26-,27-,28-/m0/s1. The summed E-state index contributed by atoms with van der Waals surface area (Å²) >= 11 is 0. The number of aromatic nitrogens is 1. The van der Waals surface area contributed by atoms with Crippen LogP contribution in [0.1, 0.15) is 50.4 Å². The number of hydrogen-bond acceptors (Lipinski definition) is 7. The molecule has 9 atom stereocenters. The molecule has 1 aromatic heterocycles. The third kappa shape index (κ3) is 3.29. The number of hydrogen-bond donors (Lipinski definition) is 2. The maximum atomic E-state index is 17.2. The lowest BCUT2D eigenvalue weighted by molar-refractivity contribution is -0.223. The molecule has 2 N–H and O–H groups in total. The van der Waals surface area contributed by atoms with Crippen LogP contribution in [0.15, 0.2) is 48.3 Å². The van der Waals surface area contributed by atoms with E-state index in [0.29, 0.717) is 0 Å². The van der Waals surface area contributed by atoms with Crippen molar-refractivity contribution in [1.29, 1.82) is 0 Å². The molecule has 9 heteroatoms. The van der Waals surface area contributed by atoms with Gasteiger partial charge in [-0.15, -0.1) is 0 Å². The number of halogens is 2. The number of alkyl halides is 2. The van der Waals surface area contributed by atoms with Crippen molar-refractivity contribution in [3.8, 4) is 0 Å². The van der Waals surface area contributed by atoms with Gasteiger partial charge in [0.15, 0.2) is 18.1 Å². The van der Waals surface area contributed by atoms with Gasteiger partial charge in [0.2, 0.25) is 5.78 Å². The predicted molar refractivity (Wildman–Crippen MR) is 128 cm³/mol. The third-order valence-electron chi connectivity index (χ3n) is 9.89. The van der Waals surface area contributed by atoms with Crippen molar-refractivity contribution in [3.63, 3.8) is 0 Å². The Kier molecular flexibility index (Phi) is 5.84. The first-order valence-corrected chi connectivity index (χ1v) is 12.6. The molecule has 4 aliphatic carbocycles. The molecule has 0 aliphatic heterocycles. The van der Waals surface area contributed by atoms with Gasteiger partial charge in [-0.25, -0.2) is 13.6 Å². The summed E-state index contributed by atoms with van der Waals surface area (Å²) in [7, 11) is 0. The highest BCUT2D eigenvalue weighted by atomic mass is 19.1. The molecule has 5 rings (SSSR count). The van der Waals surface area contributed by atoms with Gasteiger partial charge in [-0.2, -0.15) is 0 Å². The van der Waals surface area contributed by atoms with E-state index in [4.69, 9.17) is 4.74 Å². The minimum atomic E-state index is -2.30. The number of pyridine rings is 1. The van der Waals surface area contributed by atoms with Crippen molar-refractivity contribution in [2.45, 2.75) is 63.6 Å². The van der Waals surface area contributed by atoms with E-state index < -0.39 is 76.3 Å². The van der Waals surface area contributed by atoms with E-state index in [9.17, 15) is 24.6 Å². The lowest BCUT2D eigenvalue weighted by Crippen LogP contribution is -2.70. The Morgan fingerprint density at radius 1 is 1.19 bits per heavy atom. The number of ketones is 2. The average Bonchev–Trinajstić information content (AvgIpc) is 3.07. The van der Waals surface area contributed by atoms with Crippen molar-refractivity contribution in [3.05, 3.63) is 53.9 Å². The number of aliphatic hydroxyl groups is 2. The predicted octanol–water partition coefficient (Wildman–Crippen LogP) is 3.10. The van der Waals surface area contributed by atoms with Crippen LogP contribution in [0.5, 0.6) is 0 Å². The highest BCUT2D eigenvalue weighted by molar-refractivity contribution is 6.01. The number of ether oxygens (including phenoxy) is 1. The molecule has 1 heterocycles. The summed E-state index contributed by atoms with van der Waals surface area (Å²) in [6.07, 6.45) is 2.94. The van der Waals surface area contributed by atoms with E-state index in [1.807, 2.05) is 0 Å². The Morgan fingerprint density at radius 2 is 1.86 bits per heavy atom. The zero-order valence-corrected chi connectivity index (χ0v) is 21.0. The quantitative estimate of drug-likeness (QED) is 0.593. The van der Waals surface area contributed by atoms with Crippen molar-refractivity contribution >= 4 is 17.5 Å². The van der Waals surface area contributed by atoms with Crippen molar-refractivity contribution in [2.24, 2.45) is 28.6 Å². The van der Waals surface area contributed by atoms with Crippen LogP contribution in [0.2, 0.25) is 0 Å². The van der Waals surface area contributed by atoms with Crippen LogP contribution in [-0.2, 0) is 14.3 Å². The molecule has 1 aromatic rings. The number of allylic oxidation sites excluding steroid dienone is 4. The highest BCUT2D eigenvalue weighted by Crippen LogP contribution is 2.70. The number of esters is 1. The largest absolute Gasteiger partial charge is 0.454 e. The summed E-state index contributed by atoms with van der Waals surface area (Å²) < 4.78 is 37.9. The minimum absolute atomic E-state index is 0.0156. The molecule has 3 saturated carbocycles. The average molecular weight is 516 g/mol. The van der Waals surface area contributed by atoms with Gasteiger partial charge in [-0.05, 0) is 67.9 Å². The molecule has 4 aliphatic rings. The number of rotatable bonds is 4. The molecule has 5 unspecified atom stereocenters. The Hall–Kier alpha value is -2.78. The van der Waals surface area contributed by atoms with Gasteiger partial charge >= 0.3 is 5.97 Å². The molecule has 37 heavy (non-hydrogen) atoms. The normalized spacial score (nSPS) is 44.4. The van der Waals surface area contributed by atoms with E-state index in [1.54, 1.807) is 13.8 Å². The maximum absolute atomic E-state index is 17.2. The number of carbonyl (C=O) groups is 3. The summed E-state index contributed by atoms with van der Waals surface area (Å²) in [5, 5.41) is 23.2. The monoisotopic (exact) mass is 515 g/mol. The summed E-state index contributed by atoms with van der Waals surface area (Å²) in [6, 6.07) is 2.87. The molecule has 0 bridgehead atoms. The van der Waals surface area contributed by atoms with Gasteiger partial charge in [0.05, 0.1) is 11.7 Å². The van der Waals surface area contributed by atoms with Crippen LogP contribution in [0.25, 0.3) is 0 Å². The Morgan fingerprint density at radius 3 is 2.54 bits per heavy atom. The number of Topliss-reactive ketones (excluding diaryl/α,β-unsaturated/α-hetero) is 1. The first-order valence-electron chi connectivity index (χ1n) is 12.6. The first-order chi connectivity index (χ1) is 17.3. The van der Waals surface area contributed by atoms with Crippen molar-refractivity contribution in [1.82, 2.24) is 4.98 Å². The molecule has 0 spiro atoms. The number of nitrogens with zero attached hydrogens (tertiary/aromatic N) is 1. The van der Waals surface area contributed by atoms with Gasteiger partial charge < -0.3 is 14.9 Å². The van der Waals surface area contributed by atoms with E-state index >= 15 is 8.78 Å². The van der Waals surface area contributed by atoms with Gasteiger partial charge in [0.25, 0.3) is 0 Å². The number of aliphatic hydroxyl groups excluding tert-OH is 1. The third-order valence-corrected chi connectivity index (χ3v) is 9.89. The van der Waals surface area contributed by atoms with Crippen LogP contribution in [0.3, 0.4) is 0 Å². The molecular formula is C28H31F2NO6. The fraction of sp³-hybridized carbons (Fsp3) is 0.571. The topological polar surface area (TPSA) is 114 Å². The fourth-order valence-corrected chi connectivity index (χ4v) is 7.95. The zero-order chi connectivity index (χ0) is 27.0. The second-order valence-corrected chi connectivity index (χ2v) is 11.5. The van der Waals surface area contributed by atoms with E-state index in [2.05, 4.69) is 4.98 Å². The Labute approximate surface area is 213 Å². The van der Waals surface area contributed by atoms with Gasteiger partial charge in [0, 0.05) is 29.1 Å². The van der Waals surface area contributed by atoms with Gasteiger partial charge in [0.1, 0.15) is 11.8 Å². The fourth-order valence-electron chi connectivity index (χ4n) is 7.95. The summed E-state index contributed by atoms with van der Waals surface area (Å²) in [5.74, 6) is -4.23. The molecular weight excluding hydrogens is 484 g/mol. The highest BCUT2D eigenvalue weighted by Gasteiger charge is 2.76. The molecule has 0 saturated heterocycles. The lowest BCUT2D eigenvalue weighted by atomic mass is 9.44. The van der Waals surface area contributed by atoms with E-state index in [0.717, 1.165) is 6.08 Å². The zero-order valence-electron chi connectivity index (χ0n) is 21.0. The molecule has 7 nitrogen and oxygen atoms in total. The van der Waals surface area contributed by atoms with Crippen LogP contribution in [0, 0.1) is 28.6 Å². The van der Waals surface area contributed by atoms with E-state index in [1.165, 1.54) is 43.6 Å². The molecule has 0 aromatic carbocycles. The second-order valence-electron chi connectivity index (χ2n) is 11.5. The number of fused-ring (bicyclic) bond motifs is 5. The maximum Gasteiger partial charge on any atom is 0.338 e. The summed E-state index contributed by atoms with van der Waals surface area (Å²) in [5.41, 5.74) is -6.96. The smallest absolute Gasteiger partial charge is 0.338 e. The van der Waals surface area contributed by atoms with Crippen molar-refractivity contribution in [2.75, 3.05) is 6.61 Å². The Bertz CT molecular complexity index is 1220. The Balaban J connectivity index is 1.47. The molecule has 3 fully saturated rings. The van der Waals surface area contributed by atoms with Gasteiger partial charge in [-0.3, -0.25) is 14.6 Å². The number of carbonyl (C=O) groups excluding carboxylic acids is 3. The molecule has 0 amide bonds. The first kappa shape index (κ1) is 25.9. The van der Waals surface area contributed by atoms with Crippen LogP contribution in [0.4, 0.5) is 8.78 Å². The van der Waals surface area contributed by atoms with E-state index in [-0.39, 0.29) is 30.4 Å². The molecule has 0 radical (unpaired) electrons.